The normalized spacial score (nSPS) is 12.0. The van der Waals surface area contributed by atoms with Crippen LogP contribution in [0.25, 0.3) is 10.9 Å². The van der Waals surface area contributed by atoms with Crippen molar-refractivity contribution in [3.63, 3.8) is 0 Å². The van der Waals surface area contributed by atoms with E-state index in [1.165, 1.54) is 7.11 Å². The third-order valence-corrected chi connectivity index (χ3v) is 4.56. The molecule has 3 aromatic rings. The molecule has 6 heteroatoms. The minimum absolute atomic E-state index is 0.239. The summed E-state index contributed by atoms with van der Waals surface area (Å²) in [7, 11) is 1.32. The summed E-state index contributed by atoms with van der Waals surface area (Å²) in [5, 5.41) is 3.61. The van der Waals surface area contributed by atoms with Gasteiger partial charge < -0.3 is 19.8 Å². The van der Waals surface area contributed by atoms with Gasteiger partial charge >= 0.3 is 5.97 Å². The van der Waals surface area contributed by atoms with E-state index in [1.54, 1.807) is 6.07 Å². The first kappa shape index (κ1) is 20.5. The molecular weight excluding hydrogens is 368 g/mol. The number of benzene rings is 2. The lowest BCUT2D eigenvalue weighted by Crippen LogP contribution is -2.42. The molecule has 0 spiro atoms. The van der Waals surface area contributed by atoms with Crippen LogP contribution in [0.5, 0.6) is 11.5 Å². The van der Waals surface area contributed by atoms with Crippen LogP contribution in [0.2, 0.25) is 0 Å². The Morgan fingerprint density at radius 2 is 1.83 bits per heavy atom. The average molecular weight is 394 g/mol. The molecule has 2 aromatic carbocycles. The highest BCUT2D eigenvalue weighted by atomic mass is 16.5. The number of rotatable bonds is 7. The average Bonchev–Trinajstić information content (AvgIpc) is 3.10. The minimum atomic E-state index is -0.681. The van der Waals surface area contributed by atoms with Gasteiger partial charge in [0.15, 0.2) is 0 Å². The van der Waals surface area contributed by atoms with Crippen LogP contribution in [0, 0.1) is 12.8 Å². The van der Waals surface area contributed by atoms with E-state index < -0.39 is 12.0 Å². The third kappa shape index (κ3) is 5.16. The molecule has 1 unspecified atom stereocenters. The van der Waals surface area contributed by atoms with Crippen LogP contribution >= 0.6 is 0 Å². The van der Waals surface area contributed by atoms with Crippen molar-refractivity contribution < 1.29 is 19.1 Å². The minimum Gasteiger partial charge on any atom is -0.467 e. The molecular formula is C23H26N2O4. The van der Waals surface area contributed by atoms with Gasteiger partial charge in [-0.2, -0.15) is 0 Å². The van der Waals surface area contributed by atoms with E-state index in [2.05, 4.69) is 10.3 Å². The van der Waals surface area contributed by atoms with Crippen LogP contribution in [0.3, 0.4) is 0 Å². The number of carbonyl (C=O) groups is 2. The second-order valence-corrected chi connectivity index (χ2v) is 7.53. The Labute approximate surface area is 170 Å². The zero-order chi connectivity index (χ0) is 21.0. The van der Waals surface area contributed by atoms with Gasteiger partial charge in [-0.1, -0.05) is 26.0 Å². The SMILES string of the molecule is COC(=O)C(CC(C)C)NC(=O)c1cc2cc(Oc3cccc(C)c3)ccc2[nH]1. The highest BCUT2D eigenvalue weighted by Gasteiger charge is 2.24. The first-order valence-corrected chi connectivity index (χ1v) is 9.61. The molecule has 0 aliphatic heterocycles. The number of carbonyl (C=O) groups excluding carboxylic acids is 2. The number of aromatic amines is 1. The van der Waals surface area contributed by atoms with Crippen molar-refractivity contribution in [3.05, 3.63) is 59.8 Å². The molecule has 0 radical (unpaired) electrons. The molecule has 3 rings (SSSR count). The highest BCUT2D eigenvalue weighted by molar-refractivity contribution is 6.00. The number of hydrogen-bond acceptors (Lipinski definition) is 4. The summed E-state index contributed by atoms with van der Waals surface area (Å²) in [5.41, 5.74) is 2.31. The number of amides is 1. The number of methoxy groups -OCH3 is 1. The van der Waals surface area contributed by atoms with Gasteiger partial charge in [-0.05, 0) is 61.2 Å². The van der Waals surface area contributed by atoms with E-state index in [9.17, 15) is 9.59 Å². The lowest BCUT2D eigenvalue weighted by atomic mass is 10.0. The Hall–Kier alpha value is -3.28. The standard InChI is InChI=1S/C23H26N2O4/c1-14(2)10-21(23(27)28-4)25-22(26)20-13-16-12-18(8-9-19(16)24-20)29-17-7-5-6-15(3)11-17/h5-9,11-14,21,24H,10H2,1-4H3,(H,25,26). The number of aryl methyl sites for hydroxylation is 1. The first-order valence-electron chi connectivity index (χ1n) is 9.61. The molecule has 0 aliphatic carbocycles. The fourth-order valence-corrected chi connectivity index (χ4v) is 3.18. The molecule has 1 atom stereocenters. The zero-order valence-electron chi connectivity index (χ0n) is 17.1. The summed E-state index contributed by atoms with van der Waals surface area (Å²) in [4.78, 5) is 27.7. The fourth-order valence-electron chi connectivity index (χ4n) is 3.18. The molecule has 1 aromatic heterocycles. The van der Waals surface area contributed by atoms with Crippen molar-refractivity contribution >= 4 is 22.8 Å². The van der Waals surface area contributed by atoms with E-state index >= 15 is 0 Å². The molecule has 0 bridgehead atoms. The Morgan fingerprint density at radius 1 is 1.07 bits per heavy atom. The molecule has 0 aliphatic rings. The van der Waals surface area contributed by atoms with Gasteiger partial charge in [-0.15, -0.1) is 0 Å². The van der Waals surface area contributed by atoms with Gasteiger partial charge in [-0.25, -0.2) is 4.79 Å². The van der Waals surface area contributed by atoms with Crippen molar-refractivity contribution in [1.82, 2.24) is 10.3 Å². The predicted molar refractivity (Wildman–Crippen MR) is 112 cm³/mol. The number of aromatic nitrogens is 1. The van der Waals surface area contributed by atoms with Gasteiger partial charge in [0.05, 0.1) is 7.11 Å². The maximum atomic E-state index is 12.7. The lowest BCUT2D eigenvalue weighted by molar-refractivity contribution is -0.143. The van der Waals surface area contributed by atoms with E-state index in [1.807, 2.05) is 63.2 Å². The Balaban J connectivity index is 1.78. The molecule has 152 valence electrons. The molecule has 0 saturated heterocycles. The van der Waals surface area contributed by atoms with Crippen LogP contribution < -0.4 is 10.1 Å². The topological polar surface area (TPSA) is 80.4 Å². The van der Waals surface area contributed by atoms with Crippen molar-refractivity contribution in [1.29, 1.82) is 0 Å². The van der Waals surface area contributed by atoms with Gasteiger partial charge in [-0.3, -0.25) is 4.79 Å². The monoisotopic (exact) mass is 394 g/mol. The third-order valence-electron chi connectivity index (χ3n) is 4.56. The van der Waals surface area contributed by atoms with Gasteiger partial charge in [0.25, 0.3) is 5.91 Å². The van der Waals surface area contributed by atoms with E-state index in [0.717, 1.165) is 22.2 Å². The Kier molecular flexibility index (Phi) is 6.22. The largest absolute Gasteiger partial charge is 0.467 e. The fraction of sp³-hybridized carbons (Fsp3) is 0.304. The summed E-state index contributed by atoms with van der Waals surface area (Å²) in [6.07, 6.45) is 0.507. The van der Waals surface area contributed by atoms with Crippen LogP contribution in [-0.2, 0) is 9.53 Å². The molecule has 2 N–H and O–H groups in total. The van der Waals surface area contributed by atoms with Crippen molar-refractivity contribution in [2.24, 2.45) is 5.92 Å². The zero-order valence-corrected chi connectivity index (χ0v) is 17.1. The second-order valence-electron chi connectivity index (χ2n) is 7.53. The summed E-state index contributed by atoms with van der Waals surface area (Å²) in [6, 6.07) is 14.5. The van der Waals surface area contributed by atoms with Crippen molar-refractivity contribution in [3.8, 4) is 11.5 Å². The van der Waals surface area contributed by atoms with Gasteiger partial charge in [0, 0.05) is 10.9 Å². The van der Waals surface area contributed by atoms with Crippen LogP contribution in [0.4, 0.5) is 0 Å². The summed E-state index contributed by atoms with van der Waals surface area (Å²) in [5.74, 6) is 0.882. The Morgan fingerprint density at radius 3 is 2.52 bits per heavy atom. The molecule has 1 amide bonds. The molecule has 29 heavy (non-hydrogen) atoms. The molecule has 0 saturated carbocycles. The van der Waals surface area contributed by atoms with Gasteiger partial charge in [0.2, 0.25) is 0 Å². The van der Waals surface area contributed by atoms with Crippen LogP contribution in [0.1, 0.15) is 36.3 Å². The van der Waals surface area contributed by atoms with E-state index in [-0.39, 0.29) is 11.8 Å². The number of hydrogen-bond donors (Lipinski definition) is 2. The first-order chi connectivity index (χ1) is 13.9. The van der Waals surface area contributed by atoms with E-state index in [4.69, 9.17) is 9.47 Å². The number of fused-ring (bicyclic) bond motifs is 1. The quantitative estimate of drug-likeness (QED) is 0.575. The maximum absolute atomic E-state index is 12.7. The van der Waals surface area contributed by atoms with Crippen LogP contribution in [0.15, 0.2) is 48.5 Å². The summed E-state index contributed by atoms with van der Waals surface area (Å²) >= 11 is 0. The number of esters is 1. The number of ether oxygens (including phenoxy) is 2. The summed E-state index contributed by atoms with van der Waals surface area (Å²) < 4.78 is 10.7. The maximum Gasteiger partial charge on any atom is 0.328 e. The predicted octanol–water partition coefficient (Wildman–Crippen LogP) is 4.59. The molecule has 0 fully saturated rings. The van der Waals surface area contributed by atoms with Crippen molar-refractivity contribution in [2.75, 3.05) is 7.11 Å². The highest BCUT2D eigenvalue weighted by Crippen LogP contribution is 2.26. The van der Waals surface area contributed by atoms with Crippen molar-refractivity contribution in [2.45, 2.75) is 33.2 Å². The smallest absolute Gasteiger partial charge is 0.328 e. The molecule has 6 nitrogen and oxygen atoms in total. The lowest BCUT2D eigenvalue weighted by Gasteiger charge is -2.17. The molecule has 1 heterocycles. The number of nitrogens with one attached hydrogen (secondary N) is 2. The van der Waals surface area contributed by atoms with Gasteiger partial charge in [0.1, 0.15) is 23.2 Å². The van der Waals surface area contributed by atoms with E-state index in [0.29, 0.717) is 17.9 Å². The van der Waals surface area contributed by atoms with Crippen LogP contribution in [-0.4, -0.2) is 30.0 Å². The number of H-pyrrole nitrogens is 1. The second kappa shape index (κ2) is 8.82. The summed E-state index contributed by atoms with van der Waals surface area (Å²) in [6.45, 7) is 5.98. The Bertz CT molecular complexity index is 1020.